The van der Waals surface area contributed by atoms with Crippen molar-refractivity contribution in [2.24, 2.45) is 5.22 Å². The van der Waals surface area contributed by atoms with E-state index in [0.717, 1.165) is 21.8 Å². The van der Waals surface area contributed by atoms with Crippen molar-refractivity contribution in [3.05, 3.63) is 48.3 Å². The van der Waals surface area contributed by atoms with E-state index in [-0.39, 0.29) is 13.3 Å². The summed E-state index contributed by atoms with van der Waals surface area (Å²) in [6, 6.07) is 12.1. The fourth-order valence-corrected chi connectivity index (χ4v) is 2.80. The van der Waals surface area contributed by atoms with Gasteiger partial charge < -0.3 is 4.74 Å². The molecule has 2 rings (SSSR count). The Labute approximate surface area is 161 Å². The number of carbonyl (C=O) groups is 1. The second kappa shape index (κ2) is 9.67. The molecule has 0 unspecified atom stereocenters. The molecule has 27 heavy (non-hydrogen) atoms. The lowest BCUT2D eigenvalue weighted by Gasteiger charge is -2.22. The Bertz CT molecular complexity index is 808. The molecule has 9 heteroatoms. The average Bonchev–Trinajstić information content (AvgIpc) is 2.69. The topological polar surface area (TPSA) is 92.8 Å². The Morgan fingerprint density at radius 3 is 2.52 bits per heavy atom. The van der Waals surface area contributed by atoms with E-state index in [1.54, 1.807) is 30.8 Å². The highest BCUT2D eigenvalue weighted by Gasteiger charge is 2.18. The second-order valence-electron chi connectivity index (χ2n) is 5.34. The zero-order valence-corrected chi connectivity index (χ0v) is 15.8. The summed E-state index contributed by atoms with van der Waals surface area (Å²) in [6.07, 6.45) is 2.01. The Morgan fingerprint density at radius 2 is 2.00 bits per heavy atom. The van der Waals surface area contributed by atoms with Crippen LogP contribution in [0.1, 0.15) is 6.92 Å². The van der Waals surface area contributed by atoms with Crippen LogP contribution >= 0.6 is 11.8 Å². The Morgan fingerprint density at radius 1 is 1.30 bits per heavy atom. The number of anilines is 1. The highest BCUT2D eigenvalue weighted by Crippen LogP contribution is 2.28. The summed E-state index contributed by atoms with van der Waals surface area (Å²) in [7, 11) is 0. The van der Waals surface area contributed by atoms with Crippen LogP contribution in [0.15, 0.2) is 52.6 Å². The number of hydrogen-bond acceptors (Lipinski definition) is 6. The molecule has 0 aliphatic carbocycles. The van der Waals surface area contributed by atoms with Gasteiger partial charge in [-0.2, -0.15) is 5.53 Å². The number of benzene rings is 2. The van der Waals surface area contributed by atoms with Crippen LogP contribution in [0.3, 0.4) is 0 Å². The number of nitrogens with one attached hydrogen (secondary N) is 2. The monoisotopic (exact) mass is 389 g/mol. The first-order valence-corrected chi connectivity index (χ1v) is 9.29. The minimum atomic E-state index is -0.718. The molecule has 0 spiro atoms. The molecule has 2 aromatic rings. The number of ether oxygens (including phenoxy) is 1. The summed E-state index contributed by atoms with van der Waals surface area (Å²) >= 11 is 1.61. The molecule has 1 amide bonds. The first-order valence-electron chi connectivity index (χ1n) is 8.06. The number of hydrogen-bond donors (Lipinski definition) is 2. The van der Waals surface area contributed by atoms with E-state index >= 15 is 0 Å². The highest BCUT2D eigenvalue weighted by atomic mass is 32.2. The van der Waals surface area contributed by atoms with Gasteiger partial charge >= 0.3 is 6.09 Å². The van der Waals surface area contributed by atoms with Crippen LogP contribution in [0.4, 0.5) is 14.9 Å². The van der Waals surface area contributed by atoms with Crippen LogP contribution in [0.25, 0.3) is 11.1 Å². The molecule has 2 N–H and O–H groups in total. The van der Waals surface area contributed by atoms with E-state index in [1.807, 2.05) is 30.5 Å². The van der Waals surface area contributed by atoms with Gasteiger partial charge in [0.25, 0.3) is 0 Å². The first-order chi connectivity index (χ1) is 13.0. The van der Waals surface area contributed by atoms with Gasteiger partial charge in [-0.05, 0) is 49.1 Å². The molecule has 0 saturated carbocycles. The minimum Gasteiger partial charge on any atom is -0.426 e. The zero-order valence-electron chi connectivity index (χ0n) is 15.0. The molecular formula is C18H20FN5O2S. The van der Waals surface area contributed by atoms with E-state index in [0.29, 0.717) is 11.3 Å². The number of carbonyl (C=O) groups excluding carboxylic acids is 1. The van der Waals surface area contributed by atoms with E-state index < -0.39 is 11.9 Å². The number of halogens is 1. The lowest BCUT2D eigenvalue weighted by molar-refractivity contribution is 0.107. The van der Waals surface area contributed by atoms with Crippen LogP contribution in [-0.4, -0.2) is 37.0 Å². The van der Waals surface area contributed by atoms with Gasteiger partial charge in [-0.3, -0.25) is 10.3 Å². The molecule has 0 bridgehead atoms. The summed E-state index contributed by atoms with van der Waals surface area (Å²) < 4.78 is 19.6. The molecule has 142 valence electrons. The summed E-state index contributed by atoms with van der Waals surface area (Å²) in [6.45, 7) is 1.63. The lowest BCUT2D eigenvalue weighted by Crippen LogP contribution is -2.34. The van der Waals surface area contributed by atoms with Crippen molar-refractivity contribution < 1.29 is 13.9 Å². The maximum Gasteiger partial charge on any atom is 0.416 e. The van der Waals surface area contributed by atoms with Crippen molar-refractivity contribution >= 4 is 29.9 Å². The fraction of sp³-hybridized carbons (Fsp3) is 0.222. The van der Waals surface area contributed by atoms with Crippen LogP contribution in [0.5, 0.6) is 0 Å². The van der Waals surface area contributed by atoms with Crippen molar-refractivity contribution in [2.45, 2.75) is 11.8 Å². The molecule has 0 fully saturated rings. The van der Waals surface area contributed by atoms with Crippen molar-refractivity contribution in [3.63, 3.8) is 0 Å². The standard InChI is InChI=1S/C18H20FN5O2S/c1-3-24(18(25)26-12-23(11-20)22-21)14-6-9-16(17(19)10-14)13-4-7-15(27-2)8-5-13/h4-11,20-21H,3,12H2,1-2H3. The third kappa shape index (κ3) is 5.04. The summed E-state index contributed by atoms with van der Waals surface area (Å²) in [5, 5.41) is 10.8. The van der Waals surface area contributed by atoms with Gasteiger partial charge in [-0.1, -0.05) is 17.4 Å². The molecule has 2 aromatic carbocycles. The largest absolute Gasteiger partial charge is 0.426 e. The van der Waals surface area contributed by atoms with Gasteiger partial charge in [0.2, 0.25) is 0 Å². The molecule has 0 heterocycles. The number of amides is 1. The van der Waals surface area contributed by atoms with Crippen molar-refractivity contribution in [1.29, 1.82) is 10.9 Å². The SMILES string of the molecule is CCN(C(=O)OCN(C=N)N=N)c1ccc(-c2ccc(SC)cc2)c(F)c1. The Hall–Kier alpha value is -2.94. The molecule has 0 radical (unpaired) electrons. The van der Waals surface area contributed by atoms with Crippen LogP contribution in [-0.2, 0) is 4.74 Å². The van der Waals surface area contributed by atoms with Gasteiger partial charge in [0.15, 0.2) is 6.73 Å². The highest BCUT2D eigenvalue weighted by molar-refractivity contribution is 7.98. The van der Waals surface area contributed by atoms with Crippen molar-refractivity contribution in [3.8, 4) is 11.1 Å². The maximum atomic E-state index is 14.6. The predicted molar refractivity (Wildman–Crippen MR) is 104 cm³/mol. The first kappa shape index (κ1) is 20.4. The van der Waals surface area contributed by atoms with Gasteiger partial charge in [0, 0.05) is 22.7 Å². The van der Waals surface area contributed by atoms with Gasteiger partial charge in [0.05, 0.1) is 0 Å². The van der Waals surface area contributed by atoms with Crippen LogP contribution in [0.2, 0.25) is 0 Å². The normalized spacial score (nSPS) is 10.2. The van der Waals surface area contributed by atoms with Gasteiger partial charge in [-0.25, -0.2) is 14.2 Å². The molecule has 0 aromatic heterocycles. The summed E-state index contributed by atoms with van der Waals surface area (Å²) in [5.41, 5.74) is 8.37. The molecule has 0 saturated heterocycles. The summed E-state index contributed by atoms with van der Waals surface area (Å²) in [4.78, 5) is 14.6. The van der Waals surface area contributed by atoms with Crippen molar-refractivity contribution in [1.82, 2.24) is 5.01 Å². The Balaban J connectivity index is 2.19. The van der Waals surface area contributed by atoms with E-state index in [2.05, 4.69) is 5.22 Å². The lowest BCUT2D eigenvalue weighted by atomic mass is 10.0. The zero-order chi connectivity index (χ0) is 19.8. The third-order valence-electron chi connectivity index (χ3n) is 3.80. The van der Waals surface area contributed by atoms with E-state index in [9.17, 15) is 9.18 Å². The maximum absolute atomic E-state index is 14.6. The molecule has 0 aliphatic rings. The minimum absolute atomic E-state index is 0.267. The van der Waals surface area contributed by atoms with Gasteiger partial charge in [0.1, 0.15) is 12.2 Å². The Kier molecular flexibility index (Phi) is 7.30. The van der Waals surface area contributed by atoms with Crippen LogP contribution < -0.4 is 4.90 Å². The number of rotatable bonds is 8. The smallest absolute Gasteiger partial charge is 0.416 e. The second-order valence-corrected chi connectivity index (χ2v) is 6.22. The quantitative estimate of drug-likeness (QED) is 0.166. The molecular weight excluding hydrogens is 369 g/mol. The third-order valence-corrected chi connectivity index (χ3v) is 4.54. The van der Waals surface area contributed by atoms with Gasteiger partial charge in [-0.15, -0.1) is 11.8 Å². The summed E-state index contributed by atoms with van der Waals surface area (Å²) in [5.74, 6) is -0.446. The van der Waals surface area contributed by atoms with E-state index in [1.165, 1.54) is 11.0 Å². The molecule has 7 nitrogen and oxygen atoms in total. The van der Waals surface area contributed by atoms with Crippen molar-refractivity contribution in [2.75, 3.05) is 24.4 Å². The van der Waals surface area contributed by atoms with Crippen LogP contribution in [0, 0.1) is 16.8 Å². The average molecular weight is 389 g/mol. The molecule has 0 atom stereocenters. The predicted octanol–water partition coefficient (Wildman–Crippen LogP) is 4.99. The van der Waals surface area contributed by atoms with E-state index in [4.69, 9.17) is 15.7 Å². The number of thioether (sulfide) groups is 1. The fourth-order valence-electron chi connectivity index (χ4n) is 2.39. The molecule has 0 aliphatic heterocycles. The number of nitrogens with zero attached hydrogens (tertiary/aromatic N) is 3.